The van der Waals surface area contributed by atoms with E-state index in [2.05, 4.69) is 88.4 Å². The third-order valence-electron chi connectivity index (χ3n) is 6.95. The first-order chi connectivity index (χ1) is 15.3. The van der Waals surface area contributed by atoms with Gasteiger partial charge in [0.15, 0.2) is 5.79 Å². The number of hydrogen-bond donors (Lipinski definition) is 0. The highest BCUT2D eigenvalue weighted by Crippen LogP contribution is 2.68. The summed E-state index contributed by atoms with van der Waals surface area (Å²) in [6.07, 6.45) is 1.85. The number of rotatable bonds is 3. The summed E-state index contributed by atoms with van der Waals surface area (Å²) in [4.78, 5) is 0. The van der Waals surface area contributed by atoms with Gasteiger partial charge in [-0.3, -0.25) is 0 Å². The first-order valence-electron chi connectivity index (χ1n) is 11.5. The van der Waals surface area contributed by atoms with Crippen molar-refractivity contribution in [2.24, 2.45) is 0 Å². The van der Waals surface area contributed by atoms with Gasteiger partial charge in [-0.15, -0.1) is 0 Å². The van der Waals surface area contributed by atoms with Gasteiger partial charge in [0.05, 0.1) is 20.3 Å². The Balaban J connectivity index is 1.71. The molecule has 5 rings (SSSR count). The molecule has 4 heteroatoms. The van der Waals surface area contributed by atoms with Gasteiger partial charge in [0.2, 0.25) is 0 Å². The molecule has 32 heavy (non-hydrogen) atoms. The fraction of sp³-hybridized carbons (Fsp3) is 0.429. The van der Waals surface area contributed by atoms with Crippen LogP contribution in [0.25, 0.3) is 21.9 Å². The maximum Gasteiger partial charge on any atom is 0.170 e. The summed E-state index contributed by atoms with van der Waals surface area (Å²) >= 11 is 0. The van der Waals surface area contributed by atoms with Crippen molar-refractivity contribution in [2.75, 3.05) is 20.3 Å². The summed E-state index contributed by atoms with van der Waals surface area (Å²) in [7, 11) is 1.24. The van der Waals surface area contributed by atoms with Crippen molar-refractivity contribution in [3.05, 3.63) is 60.7 Å². The fourth-order valence-electron chi connectivity index (χ4n) is 6.29. The zero-order valence-corrected chi connectivity index (χ0v) is 20.7. The number of fused-ring (bicyclic) bond motifs is 1. The lowest BCUT2D eigenvalue weighted by Gasteiger charge is -2.55. The molecule has 0 radical (unpaired) electrons. The molecule has 2 aliphatic heterocycles. The quantitative estimate of drug-likeness (QED) is 0.417. The van der Waals surface area contributed by atoms with Gasteiger partial charge in [0, 0.05) is 18.4 Å². The normalized spacial score (nSPS) is 21.8. The van der Waals surface area contributed by atoms with Crippen LogP contribution in [0, 0.1) is 0 Å². The SMILES string of the molecule is COc1ccc2ccccc2c1-c1ccccc1P1C(C)(C)CC2(CC1(C)C)OCCO2. The lowest BCUT2D eigenvalue weighted by atomic mass is 9.91. The third kappa shape index (κ3) is 3.55. The van der Waals surface area contributed by atoms with Crippen molar-refractivity contribution in [3.63, 3.8) is 0 Å². The van der Waals surface area contributed by atoms with Crippen molar-refractivity contribution < 1.29 is 14.2 Å². The van der Waals surface area contributed by atoms with Gasteiger partial charge in [-0.1, -0.05) is 90.2 Å². The van der Waals surface area contributed by atoms with E-state index >= 15 is 0 Å². The van der Waals surface area contributed by atoms with Crippen LogP contribution in [-0.4, -0.2) is 36.4 Å². The zero-order valence-electron chi connectivity index (χ0n) is 19.8. The Morgan fingerprint density at radius 1 is 0.781 bits per heavy atom. The number of benzene rings is 3. The predicted octanol–water partition coefficient (Wildman–Crippen LogP) is 6.72. The second kappa shape index (κ2) is 7.83. The van der Waals surface area contributed by atoms with Crippen LogP contribution in [0.2, 0.25) is 0 Å². The highest BCUT2D eigenvalue weighted by atomic mass is 31.1. The molecule has 0 saturated carbocycles. The van der Waals surface area contributed by atoms with Crippen molar-refractivity contribution in [2.45, 2.75) is 56.6 Å². The standard InChI is InChI=1S/C28H33O3P/c1-26(2)18-28(30-16-17-31-28)19-27(3,4)32(26)24-13-9-8-12-22(24)25-21-11-7-6-10-20(21)14-15-23(25)29-5/h6-15H,16-19H2,1-5H3. The molecule has 0 atom stereocenters. The lowest BCUT2D eigenvalue weighted by Crippen LogP contribution is -2.52. The van der Waals surface area contributed by atoms with Crippen LogP contribution in [0.4, 0.5) is 0 Å². The Hall–Kier alpha value is -1.93. The van der Waals surface area contributed by atoms with Crippen LogP contribution in [-0.2, 0) is 9.47 Å². The van der Waals surface area contributed by atoms with Crippen LogP contribution < -0.4 is 10.0 Å². The van der Waals surface area contributed by atoms with Gasteiger partial charge >= 0.3 is 0 Å². The summed E-state index contributed by atoms with van der Waals surface area (Å²) in [5, 5.41) is 4.05. The summed E-state index contributed by atoms with van der Waals surface area (Å²) in [6, 6.07) is 21.8. The van der Waals surface area contributed by atoms with E-state index in [1.54, 1.807) is 7.11 Å². The maximum absolute atomic E-state index is 6.21. The minimum Gasteiger partial charge on any atom is -0.496 e. The van der Waals surface area contributed by atoms with Crippen LogP contribution in [0.1, 0.15) is 40.5 Å². The molecule has 2 aliphatic rings. The minimum absolute atomic E-state index is 0.0648. The molecule has 2 heterocycles. The molecule has 2 saturated heterocycles. The molecule has 0 aliphatic carbocycles. The maximum atomic E-state index is 6.21. The van der Waals surface area contributed by atoms with E-state index in [-0.39, 0.29) is 10.3 Å². The highest BCUT2D eigenvalue weighted by Gasteiger charge is 2.57. The molecule has 168 valence electrons. The van der Waals surface area contributed by atoms with E-state index in [4.69, 9.17) is 14.2 Å². The first-order valence-corrected chi connectivity index (χ1v) is 12.8. The van der Waals surface area contributed by atoms with Gasteiger partial charge in [-0.05, 0) is 38.0 Å². The van der Waals surface area contributed by atoms with Crippen LogP contribution >= 0.6 is 7.92 Å². The van der Waals surface area contributed by atoms with Crippen LogP contribution in [0.5, 0.6) is 5.75 Å². The molecule has 3 aromatic carbocycles. The monoisotopic (exact) mass is 448 g/mol. The largest absolute Gasteiger partial charge is 0.496 e. The van der Waals surface area contributed by atoms with Crippen molar-refractivity contribution in [1.29, 1.82) is 0 Å². The molecule has 0 N–H and O–H groups in total. The molecule has 3 aromatic rings. The van der Waals surface area contributed by atoms with Gasteiger partial charge in [-0.2, -0.15) is 0 Å². The third-order valence-corrected chi connectivity index (χ3v) is 10.6. The molecular formula is C28H33O3P. The smallest absolute Gasteiger partial charge is 0.170 e. The van der Waals surface area contributed by atoms with E-state index in [9.17, 15) is 0 Å². The Bertz CT molecular complexity index is 1120. The highest BCUT2D eigenvalue weighted by molar-refractivity contribution is 7.69. The zero-order chi connectivity index (χ0) is 22.6. The molecule has 0 bridgehead atoms. The molecule has 0 amide bonds. The summed E-state index contributed by atoms with van der Waals surface area (Å²) in [5.41, 5.74) is 2.49. The number of hydrogen-bond acceptors (Lipinski definition) is 3. The molecular weight excluding hydrogens is 415 g/mol. The fourth-order valence-corrected chi connectivity index (χ4v) is 10.7. The van der Waals surface area contributed by atoms with Crippen LogP contribution in [0.15, 0.2) is 60.7 Å². The van der Waals surface area contributed by atoms with E-state index in [0.717, 1.165) is 18.6 Å². The number of ether oxygens (including phenoxy) is 3. The second-order valence-electron chi connectivity index (χ2n) is 10.3. The average molecular weight is 449 g/mol. The van der Waals surface area contributed by atoms with Gasteiger partial charge in [0.25, 0.3) is 0 Å². The van der Waals surface area contributed by atoms with Crippen molar-refractivity contribution >= 4 is 24.0 Å². The Morgan fingerprint density at radius 2 is 1.41 bits per heavy atom. The van der Waals surface area contributed by atoms with Crippen molar-refractivity contribution in [3.8, 4) is 16.9 Å². The van der Waals surface area contributed by atoms with E-state index < -0.39 is 13.7 Å². The lowest BCUT2D eigenvalue weighted by molar-refractivity contribution is -0.178. The van der Waals surface area contributed by atoms with Gasteiger partial charge < -0.3 is 14.2 Å². The molecule has 1 spiro atoms. The van der Waals surface area contributed by atoms with Crippen molar-refractivity contribution in [1.82, 2.24) is 0 Å². The van der Waals surface area contributed by atoms with E-state index in [0.29, 0.717) is 13.2 Å². The molecule has 3 nitrogen and oxygen atoms in total. The Labute approximate surface area is 192 Å². The summed E-state index contributed by atoms with van der Waals surface area (Å²) in [5.74, 6) is 0.496. The molecule has 0 unspecified atom stereocenters. The average Bonchev–Trinajstić information content (AvgIpc) is 3.18. The number of methoxy groups -OCH3 is 1. The topological polar surface area (TPSA) is 27.7 Å². The first kappa shape index (κ1) is 21.9. The van der Waals surface area contributed by atoms with Gasteiger partial charge in [-0.25, -0.2) is 0 Å². The molecule has 2 fully saturated rings. The van der Waals surface area contributed by atoms with E-state index in [1.807, 2.05) is 0 Å². The van der Waals surface area contributed by atoms with Crippen LogP contribution in [0.3, 0.4) is 0 Å². The summed E-state index contributed by atoms with van der Waals surface area (Å²) in [6.45, 7) is 11.0. The Morgan fingerprint density at radius 3 is 2.09 bits per heavy atom. The molecule has 0 aromatic heterocycles. The Kier molecular flexibility index (Phi) is 5.36. The van der Waals surface area contributed by atoms with E-state index in [1.165, 1.54) is 27.2 Å². The predicted molar refractivity (Wildman–Crippen MR) is 135 cm³/mol. The van der Waals surface area contributed by atoms with Gasteiger partial charge in [0.1, 0.15) is 5.75 Å². The minimum atomic E-state index is -0.528. The summed E-state index contributed by atoms with van der Waals surface area (Å²) < 4.78 is 18.3. The second-order valence-corrected chi connectivity index (χ2v) is 13.9.